The molecule has 0 fully saturated rings. The Balaban J connectivity index is 2.47. The molecule has 19 heavy (non-hydrogen) atoms. The zero-order valence-corrected chi connectivity index (χ0v) is 12.9. The van der Waals surface area contributed by atoms with Gasteiger partial charge in [0.15, 0.2) is 0 Å². The van der Waals surface area contributed by atoms with Gasteiger partial charge in [-0.1, -0.05) is 56.5 Å². The Labute approximate surface area is 120 Å². The van der Waals surface area contributed by atoms with Gasteiger partial charge in [0, 0.05) is 22.3 Å². The lowest BCUT2D eigenvalue weighted by molar-refractivity contribution is 0.547. The summed E-state index contributed by atoms with van der Waals surface area (Å²) in [7, 11) is 2.10. The highest BCUT2D eigenvalue weighted by Gasteiger charge is 2.23. The molecule has 1 aliphatic carbocycles. The number of hydrogen-bond donors (Lipinski definition) is 0. The molecule has 0 spiro atoms. The zero-order valence-electron chi connectivity index (χ0n) is 12.1. The fourth-order valence-corrected chi connectivity index (χ4v) is 3.36. The van der Waals surface area contributed by atoms with Crippen LogP contribution in [0.1, 0.15) is 20.8 Å². The van der Waals surface area contributed by atoms with Crippen LogP contribution >= 0.6 is 11.8 Å². The minimum Gasteiger partial charge on any atom is -0.343 e. The van der Waals surface area contributed by atoms with Gasteiger partial charge in [0.2, 0.25) is 0 Å². The second-order valence-corrected chi connectivity index (χ2v) is 6.44. The first kappa shape index (κ1) is 14.0. The maximum Gasteiger partial charge on any atom is 0.0547 e. The fourth-order valence-electron chi connectivity index (χ4n) is 2.14. The Bertz CT molecular complexity index is 542. The largest absolute Gasteiger partial charge is 0.343 e. The molecule has 1 aliphatic heterocycles. The summed E-state index contributed by atoms with van der Waals surface area (Å²) < 4.78 is 0. The van der Waals surface area contributed by atoms with Gasteiger partial charge in [-0.15, -0.1) is 0 Å². The molecular weight excluding hydrogens is 250 g/mol. The molecular formula is C17H21NS. The van der Waals surface area contributed by atoms with Gasteiger partial charge >= 0.3 is 0 Å². The van der Waals surface area contributed by atoms with E-state index < -0.39 is 0 Å². The second-order valence-electron chi connectivity index (χ2n) is 5.35. The van der Waals surface area contributed by atoms with E-state index >= 15 is 0 Å². The summed E-state index contributed by atoms with van der Waals surface area (Å²) in [4.78, 5) is 4.76. The lowest BCUT2D eigenvalue weighted by Crippen LogP contribution is -2.19. The summed E-state index contributed by atoms with van der Waals surface area (Å²) in [6.07, 6.45) is 15.1. The van der Waals surface area contributed by atoms with E-state index in [9.17, 15) is 0 Å². The molecule has 0 bridgehead atoms. The lowest BCUT2D eigenvalue weighted by Gasteiger charge is -2.29. The van der Waals surface area contributed by atoms with Crippen LogP contribution in [-0.2, 0) is 0 Å². The maximum absolute atomic E-state index is 3.95. The predicted molar refractivity (Wildman–Crippen MR) is 86.5 cm³/mol. The Kier molecular flexibility index (Phi) is 3.91. The van der Waals surface area contributed by atoms with Crippen LogP contribution in [-0.4, -0.2) is 11.9 Å². The third-order valence-electron chi connectivity index (χ3n) is 3.29. The molecule has 0 atom stereocenters. The highest BCUT2D eigenvalue weighted by atomic mass is 32.2. The minimum atomic E-state index is 0.105. The van der Waals surface area contributed by atoms with Gasteiger partial charge in [-0.2, -0.15) is 0 Å². The number of hydrogen-bond acceptors (Lipinski definition) is 2. The van der Waals surface area contributed by atoms with E-state index in [0.29, 0.717) is 0 Å². The molecule has 1 nitrogen and oxygen atoms in total. The predicted octanol–water partition coefficient (Wildman–Crippen LogP) is 5.00. The molecule has 100 valence electrons. The molecule has 1 heterocycles. The Morgan fingerprint density at radius 1 is 1.26 bits per heavy atom. The van der Waals surface area contributed by atoms with Gasteiger partial charge in [-0.25, -0.2) is 0 Å². The normalized spacial score (nSPS) is 22.0. The van der Waals surface area contributed by atoms with Crippen molar-refractivity contribution < 1.29 is 0 Å². The van der Waals surface area contributed by atoms with E-state index in [1.807, 2.05) is 24.8 Å². The van der Waals surface area contributed by atoms with Gasteiger partial charge in [0.05, 0.1) is 11.4 Å². The number of thioether (sulfide) groups is 1. The number of rotatable bonds is 2. The lowest BCUT2D eigenvalue weighted by atomic mass is 9.93. The van der Waals surface area contributed by atoms with Gasteiger partial charge in [0.1, 0.15) is 0 Å². The van der Waals surface area contributed by atoms with Crippen molar-refractivity contribution in [3.8, 4) is 0 Å². The van der Waals surface area contributed by atoms with Crippen molar-refractivity contribution in [3.63, 3.8) is 0 Å². The summed E-state index contributed by atoms with van der Waals surface area (Å²) in [6.45, 7) is 10.4. The molecule has 2 rings (SSSR count). The van der Waals surface area contributed by atoms with Crippen molar-refractivity contribution in [2.75, 3.05) is 7.05 Å². The Hall–Kier alpha value is -1.41. The molecule has 0 unspecified atom stereocenters. The minimum absolute atomic E-state index is 0.105. The topological polar surface area (TPSA) is 3.24 Å². The van der Waals surface area contributed by atoms with Gasteiger partial charge < -0.3 is 4.90 Å². The van der Waals surface area contributed by atoms with E-state index in [2.05, 4.69) is 68.8 Å². The zero-order chi connectivity index (χ0) is 14.0. The summed E-state index contributed by atoms with van der Waals surface area (Å²) in [6, 6.07) is 0. The highest BCUT2D eigenvalue weighted by Crippen LogP contribution is 2.42. The highest BCUT2D eigenvalue weighted by molar-refractivity contribution is 8.07. The SMILES string of the molecule is C=CC1=C(/C=C\C)SC2=C(C=CC(C)(C)C=C2)N1C. The summed E-state index contributed by atoms with van der Waals surface area (Å²) in [5.74, 6) is 0. The fraction of sp³-hybridized carbons (Fsp3) is 0.294. The number of allylic oxidation sites excluding steroid dienone is 7. The van der Waals surface area contributed by atoms with Crippen molar-refractivity contribution in [1.29, 1.82) is 0 Å². The molecule has 2 heteroatoms. The van der Waals surface area contributed by atoms with Crippen LogP contribution in [0.3, 0.4) is 0 Å². The van der Waals surface area contributed by atoms with E-state index in [1.165, 1.54) is 21.2 Å². The third-order valence-corrected chi connectivity index (χ3v) is 4.42. The standard InChI is InChI=1S/C17H21NS/c1-6-8-15-13(7-2)18(5)14-9-11-17(3,4)12-10-16(14)19-15/h6-12H,2H2,1,3-5H3/b8-6-. The van der Waals surface area contributed by atoms with Gasteiger partial charge in [-0.05, 0) is 25.2 Å². The molecule has 0 aromatic carbocycles. The smallest absolute Gasteiger partial charge is 0.0547 e. The van der Waals surface area contributed by atoms with Crippen LogP contribution in [0.2, 0.25) is 0 Å². The van der Waals surface area contributed by atoms with Crippen LogP contribution in [0.15, 0.2) is 70.3 Å². The Morgan fingerprint density at radius 3 is 2.58 bits per heavy atom. The van der Waals surface area contributed by atoms with Crippen molar-refractivity contribution in [2.24, 2.45) is 5.41 Å². The van der Waals surface area contributed by atoms with Crippen LogP contribution in [0, 0.1) is 5.41 Å². The molecule has 0 amide bonds. The van der Waals surface area contributed by atoms with Crippen LogP contribution < -0.4 is 0 Å². The Morgan fingerprint density at radius 2 is 1.95 bits per heavy atom. The van der Waals surface area contributed by atoms with Crippen molar-refractivity contribution in [2.45, 2.75) is 20.8 Å². The first-order valence-corrected chi connectivity index (χ1v) is 7.34. The van der Waals surface area contributed by atoms with E-state index in [1.54, 1.807) is 0 Å². The molecule has 0 N–H and O–H groups in total. The van der Waals surface area contributed by atoms with Gasteiger partial charge in [0.25, 0.3) is 0 Å². The first-order chi connectivity index (χ1) is 8.98. The van der Waals surface area contributed by atoms with E-state index in [0.717, 1.165) is 0 Å². The van der Waals surface area contributed by atoms with Crippen LogP contribution in [0.5, 0.6) is 0 Å². The van der Waals surface area contributed by atoms with Crippen molar-refractivity contribution in [1.82, 2.24) is 4.90 Å². The summed E-state index contributed by atoms with van der Waals surface area (Å²) in [5.41, 5.74) is 2.52. The first-order valence-electron chi connectivity index (χ1n) is 6.52. The average molecular weight is 271 g/mol. The summed E-state index contributed by atoms with van der Waals surface area (Å²) in [5, 5.41) is 0. The number of likely N-dealkylation sites (N-methyl/N-ethyl adjacent to an activating group) is 1. The van der Waals surface area contributed by atoms with Crippen molar-refractivity contribution >= 4 is 11.8 Å². The third kappa shape index (κ3) is 2.79. The van der Waals surface area contributed by atoms with E-state index in [4.69, 9.17) is 0 Å². The second kappa shape index (κ2) is 5.30. The molecule has 0 saturated carbocycles. The average Bonchev–Trinajstić information content (AvgIpc) is 2.50. The monoisotopic (exact) mass is 271 g/mol. The quantitative estimate of drug-likeness (QED) is 0.695. The molecule has 2 aliphatic rings. The molecule has 0 aromatic rings. The maximum atomic E-state index is 3.95. The molecule has 0 radical (unpaired) electrons. The molecule has 0 saturated heterocycles. The van der Waals surface area contributed by atoms with Crippen LogP contribution in [0.25, 0.3) is 0 Å². The summed E-state index contributed by atoms with van der Waals surface area (Å²) >= 11 is 1.81. The van der Waals surface area contributed by atoms with Crippen molar-refractivity contribution in [3.05, 3.63) is 70.3 Å². The number of nitrogens with zero attached hydrogens (tertiary/aromatic N) is 1. The van der Waals surface area contributed by atoms with E-state index in [-0.39, 0.29) is 5.41 Å². The van der Waals surface area contributed by atoms with Gasteiger partial charge in [-0.3, -0.25) is 0 Å². The van der Waals surface area contributed by atoms with Crippen LogP contribution in [0.4, 0.5) is 0 Å². The molecule has 0 aromatic heterocycles.